The SMILES string of the molecule is O=C(CN1N=C(c2c(-c3ccccc3)c3cc(Br)ccc3[nH]c2=O)C[C@H]1c1ccccc1)N/N=C\c1ccc(Br)cc1. The van der Waals surface area contributed by atoms with Gasteiger partial charge in [-0.15, -0.1) is 0 Å². The number of H-pyrrole nitrogens is 1. The van der Waals surface area contributed by atoms with Crippen molar-refractivity contribution < 1.29 is 4.79 Å². The van der Waals surface area contributed by atoms with Crippen molar-refractivity contribution in [3.05, 3.63) is 139 Å². The van der Waals surface area contributed by atoms with Crippen molar-refractivity contribution in [2.24, 2.45) is 10.2 Å². The number of hydrogen-bond donors (Lipinski definition) is 2. The highest BCUT2D eigenvalue weighted by Crippen LogP contribution is 2.37. The minimum absolute atomic E-state index is 0.0293. The van der Waals surface area contributed by atoms with Crippen molar-refractivity contribution in [3.63, 3.8) is 0 Å². The van der Waals surface area contributed by atoms with Crippen LogP contribution in [0.3, 0.4) is 0 Å². The van der Waals surface area contributed by atoms with Crippen LogP contribution in [-0.2, 0) is 4.79 Å². The third-order valence-electron chi connectivity index (χ3n) is 7.09. The molecular formula is C33H25Br2N5O2. The van der Waals surface area contributed by atoms with E-state index in [0.717, 1.165) is 42.1 Å². The summed E-state index contributed by atoms with van der Waals surface area (Å²) in [5, 5.41) is 11.7. The van der Waals surface area contributed by atoms with Gasteiger partial charge >= 0.3 is 0 Å². The zero-order chi connectivity index (χ0) is 29.1. The second kappa shape index (κ2) is 12.3. The van der Waals surface area contributed by atoms with Crippen LogP contribution in [0.2, 0.25) is 0 Å². The fraction of sp³-hybridized carbons (Fsp3) is 0.0909. The largest absolute Gasteiger partial charge is 0.321 e. The lowest BCUT2D eigenvalue weighted by Crippen LogP contribution is -2.32. The summed E-state index contributed by atoms with van der Waals surface area (Å²) in [5.74, 6) is -0.311. The first kappa shape index (κ1) is 27.8. The Morgan fingerprint density at radius 1 is 0.929 bits per heavy atom. The molecule has 7 nitrogen and oxygen atoms in total. The van der Waals surface area contributed by atoms with Crippen molar-refractivity contribution in [1.29, 1.82) is 0 Å². The summed E-state index contributed by atoms with van der Waals surface area (Å²) in [7, 11) is 0. The summed E-state index contributed by atoms with van der Waals surface area (Å²) in [5.41, 5.74) is 7.85. The van der Waals surface area contributed by atoms with Crippen molar-refractivity contribution in [2.45, 2.75) is 12.5 Å². The third-order valence-corrected chi connectivity index (χ3v) is 8.11. The molecule has 0 radical (unpaired) electrons. The molecule has 2 N–H and O–H groups in total. The number of carbonyl (C=O) groups excluding carboxylic acids is 1. The van der Waals surface area contributed by atoms with Gasteiger partial charge in [-0.2, -0.15) is 10.2 Å². The van der Waals surface area contributed by atoms with Gasteiger partial charge < -0.3 is 4.98 Å². The van der Waals surface area contributed by atoms with E-state index >= 15 is 0 Å². The Hall–Kier alpha value is -4.34. The van der Waals surface area contributed by atoms with E-state index in [1.807, 2.05) is 103 Å². The predicted octanol–water partition coefficient (Wildman–Crippen LogP) is 7.02. The lowest BCUT2D eigenvalue weighted by molar-refractivity contribution is -0.122. The molecule has 0 fully saturated rings. The molecular weight excluding hydrogens is 658 g/mol. The Kier molecular flexibility index (Phi) is 8.12. The first-order valence-corrected chi connectivity index (χ1v) is 14.9. The molecule has 9 heteroatoms. The lowest BCUT2D eigenvalue weighted by Gasteiger charge is -2.22. The summed E-state index contributed by atoms with van der Waals surface area (Å²) in [4.78, 5) is 29.8. The standard InChI is InChI=1S/C33H25Br2N5O2/c34-24-13-11-21(12-14-24)19-36-38-30(41)20-40-29(22-7-3-1-4-8-22)18-28(39-40)32-31(23-9-5-2-6-10-23)26-17-25(35)15-16-27(26)37-33(32)42/h1-17,19,29H,18,20H2,(H,37,42)(H,38,41)/b36-19-/t29-/m0/s1. The van der Waals surface area contributed by atoms with Gasteiger partial charge in [-0.1, -0.05) is 105 Å². The monoisotopic (exact) mass is 681 g/mol. The summed E-state index contributed by atoms with van der Waals surface area (Å²) >= 11 is 7.01. The van der Waals surface area contributed by atoms with Gasteiger partial charge in [0.05, 0.1) is 23.5 Å². The van der Waals surface area contributed by atoms with E-state index in [1.54, 1.807) is 11.2 Å². The van der Waals surface area contributed by atoms with E-state index in [-0.39, 0.29) is 24.1 Å². The van der Waals surface area contributed by atoms with E-state index < -0.39 is 0 Å². The molecule has 1 aliphatic heterocycles. The number of benzene rings is 4. The van der Waals surface area contributed by atoms with E-state index in [0.29, 0.717) is 17.7 Å². The molecule has 2 heterocycles. The van der Waals surface area contributed by atoms with Crippen LogP contribution in [0, 0.1) is 0 Å². The van der Waals surface area contributed by atoms with Gasteiger partial charge in [-0.25, -0.2) is 5.43 Å². The second-order valence-corrected chi connectivity index (χ2v) is 11.7. The number of pyridine rings is 1. The molecule has 0 saturated heterocycles. The van der Waals surface area contributed by atoms with Crippen LogP contribution in [0.5, 0.6) is 0 Å². The minimum Gasteiger partial charge on any atom is -0.321 e. The third kappa shape index (κ3) is 5.98. The zero-order valence-corrected chi connectivity index (χ0v) is 25.5. The molecule has 0 aliphatic carbocycles. The number of hydrazone groups is 2. The highest BCUT2D eigenvalue weighted by atomic mass is 79.9. The van der Waals surface area contributed by atoms with E-state index in [4.69, 9.17) is 5.10 Å². The Labute approximate surface area is 259 Å². The quantitative estimate of drug-likeness (QED) is 0.143. The lowest BCUT2D eigenvalue weighted by atomic mass is 9.91. The molecule has 6 rings (SSSR count). The Morgan fingerprint density at radius 2 is 1.62 bits per heavy atom. The fourth-order valence-corrected chi connectivity index (χ4v) is 5.80. The smallest absolute Gasteiger partial charge is 0.261 e. The van der Waals surface area contributed by atoms with Crippen LogP contribution in [0.15, 0.2) is 127 Å². The van der Waals surface area contributed by atoms with Crippen LogP contribution in [0.1, 0.15) is 29.2 Å². The Bertz CT molecular complexity index is 1870. The molecule has 1 aromatic heterocycles. The molecule has 0 spiro atoms. The number of carbonyl (C=O) groups is 1. The van der Waals surface area contributed by atoms with Crippen LogP contribution >= 0.6 is 31.9 Å². The van der Waals surface area contributed by atoms with Crippen molar-refractivity contribution in [2.75, 3.05) is 6.54 Å². The van der Waals surface area contributed by atoms with E-state index in [9.17, 15) is 9.59 Å². The number of halogens is 2. The van der Waals surface area contributed by atoms with Gasteiger partial charge in [-0.05, 0) is 47.0 Å². The van der Waals surface area contributed by atoms with Gasteiger partial charge in [-0.3, -0.25) is 14.6 Å². The van der Waals surface area contributed by atoms with Crippen LogP contribution in [0.4, 0.5) is 0 Å². The van der Waals surface area contributed by atoms with Gasteiger partial charge in [0.15, 0.2) is 0 Å². The molecule has 1 amide bonds. The molecule has 4 aromatic carbocycles. The minimum atomic E-state index is -0.311. The number of amides is 1. The number of fused-ring (bicyclic) bond motifs is 1. The van der Waals surface area contributed by atoms with Crippen molar-refractivity contribution in [1.82, 2.24) is 15.4 Å². The average Bonchev–Trinajstić information content (AvgIpc) is 3.41. The van der Waals surface area contributed by atoms with Crippen molar-refractivity contribution >= 4 is 60.6 Å². The topological polar surface area (TPSA) is 89.9 Å². The normalized spacial score (nSPS) is 14.9. The summed E-state index contributed by atoms with van der Waals surface area (Å²) in [6.45, 7) is -0.0293. The summed E-state index contributed by atoms with van der Waals surface area (Å²) in [6.07, 6.45) is 2.05. The van der Waals surface area contributed by atoms with Gasteiger partial charge in [0.1, 0.15) is 6.54 Å². The number of hydrogen-bond acceptors (Lipinski definition) is 5. The fourth-order valence-electron chi connectivity index (χ4n) is 5.17. The number of aromatic nitrogens is 1. The highest BCUT2D eigenvalue weighted by Gasteiger charge is 2.33. The van der Waals surface area contributed by atoms with E-state index in [1.165, 1.54) is 0 Å². The van der Waals surface area contributed by atoms with Gasteiger partial charge in [0, 0.05) is 31.8 Å². The Morgan fingerprint density at radius 3 is 2.36 bits per heavy atom. The second-order valence-electron chi connectivity index (χ2n) is 9.88. The van der Waals surface area contributed by atoms with Gasteiger partial charge in [0.25, 0.3) is 11.5 Å². The van der Waals surface area contributed by atoms with Gasteiger partial charge in [0.2, 0.25) is 0 Å². The Balaban J connectivity index is 1.38. The molecule has 1 atom stereocenters. The summed E-state index contributed by atoms with van der Waals surface area (Å²) in [6, 6.07) is 32.9. The highest BCUT2D eigenvalue weighted by molar-refractivity contribution is 9.10. The van der Waals surface area contributed by atoms with Crippen LogP contribution in [-0.4, -0.2) is 34.4 Å². The molecule has 1 aliphatic rings. The average molecular weight is 683 g/mol. The molecule has 208 valence electrons. The number of rotatable bonds is 7. The first-order chi connectivity index (χ1) is 20.5. The molecule has 5 aromatic rings. The van der Waals surface area contributed by atoms with E-state index in [2.05, 4.69) is 47.4 Å². The zero-order valence-electron chi connectivity index (χ0n) is 22.3. The predicted molar refractivity (Wildman–Crippen MR) is 175 cm³/mol. The maximum absolute atomic E-state index is 13.7. The molecule has 42 heavy (non-hydrogen) atoms. The van der Waals surface area contributed by atoms with Crippen LogP contribution in [0.25, 0.3) is 22.0 Å². The number of aromatic amines is 1. The van der Waals surface area contributed by atoms with Crippen molar-refractivity contribution in [3.8, 4) is 11.1 Å². The maximum atomic E-state index is 13.7. The maximum Gasteiger partial charge on any atom is 0.261 e. The van der Waals surface area contributed by atoms with Crippen LogP contribution < -0.4 is 11.0 Å². The number of nitrogens with one attached hydrogen (secondary N) is 2. The summed E-state index contributed by atoms with van der Waals surface area (Å²) < 4.78 is 1.87. The molecule has 0 bridgehead atoms. The molecule has 0 unspecified atom stereocenters. The first-order valence-electron chi connectivity index (χ1n) is 13.3. The number of nitrogens with zero attached hydrogens (tertiary/aromatic N) is 3. The molecule has 0 saturated carbocycles.